The number of hydrogen-bond acceptors (Lipinski definition) is 13. The number of allylic oxidation sites excluding steroid dienone is 9. The topological polar surface area (TPSA) is 228 Å². The van der Waals surface area contributed by atoms with E-state index in [2.05, 4.69) is 67.8 Å². The summed E-state index contributed by atoms with van der Waals surface area (Å²) in [6.45, 7) is 2.79. The maximum absolute atomic E-state index is 13.3. The van der Waals surface area contributed by atoms with Gasteiger partial charge in [-0.15, -0.1) is 0 Å². The highest BCUT2D eigenvalue weighted by Gasteiger charge is 2.51. The SMILES string of the molecule is CCCCCCC/C=C\C/C=C\CCCCCCCCCCCCCCCCCCCCCCCCCCCC(=O)NC(COC1OC(CO)C(OC2OC(CO)C(O)C(O)C2O)C(O)C1O)C(O)/C=C/CC/C=C/CC/C=C/CCCCCCCCCC. The molecule has 0 spiro atoms. The fourth-order valence-corrected chi connectivity index (χ4v) is 12.0. The van der Waals surface area contributed by atoms with Crippen molar-refractivity contribution in [3.05, 3.63) is 60.8 Å². The molecule has 14 nitrogen and oxygen atoms in total. The summed E-state index contributed by atoms with van der Waals surface area (Å²) in [4.78, 5) is 13.3. The van der Waals surface area contributed by atoms with Gasteiger partial charge in [-0.2, -0.15) is 0 Å². The van der Waals surface area contributed by atoms with Crippen LogP contribution in [0, 0.1) is 0 Å². The molecule has 12 unspecified atom stereocenters. The van der Waals surface area contributed by atoms with Gasteiger partial charge in [0.15, 0.2) is 12.6 Å². The number of aliphatic hydroxyl groups excluding tert-OH is 8. The summed E-state index contributed by atoms with van der Waals surface area (Å²) < 4.78 is 22.8. The molecular weight excluding hydrogens is 1120 g/mol. The molecular formula is C75H137NO13. The maximum atomic E-state index is 13.3. The lowest BCUT2D eigenvalue weighted by molar-refractivity contribution is -0.359. The molecule has 0 saturated carbocycles. The molecule has 1 amide bonds. The lowest BCUT2D eigenvalue weighted by atomic mass is 9.97. The van der Waals surface area contributed by atoms with E-state index >= 15 is 0 Å². The minimum absolute atomic E-state index is 0.249. The molecule has 2 saturated heterocycles. The van der Waals surface area contributed by atoms with Gasteiger partial charge in [0, 0.05) is 6.42 Å². The largest absolute Gasteiger partial charge is 0.394 e. The summed E-state index contributed by atoms with van der Waals surface area (Å²) in [5.74, 6) is -0.249. The molecule has 520 valence electrons. The number of unbranched alkanes of at least 4 members (excludes halogenated alkanes) is 40. The monoisotopic (exact) mass is 1260 g/mol. The Morgan fingerprint density at radius 2 is 0.753 bits per heavy atom. The van der Waals surface area contributed by atoms with Gasteiger partial charge in [-0.05, 0) is 77.0 Å². The van der Waals surface area contributed by atoms with Crippen LogP contribution in [-0.4, -0.2) is 140 Å². The molecule has 2 aliphatic rings. The number of aliphatic hydroxyl groups is 8. The maximum Gasteiger partial charge on any atom is 0.220 e. The normalized spacial score (nSPS) is 23.3. The minimum atomic E-state index is -1.79. The van der Waals surface area contributed by atoms with Crippen molar-refractivity contribution in [2.75, 3.05) is 19.8 Å². The van der Waals surface area contributed by atoms with Gasteiger partial charge in [-0.1, -0.05) is 293 Å². The minimum Gasteiger partial charge on any atom is -0.394 e. The van der Waals surface area contributed by atoms with E-state index in [9.17, 15) is 45.6 Å². The Bertz CT molecular complexity index is 1720. The lowest BCUT2D eigenvalue weighted by Gasteiger charge is -2.46. The van der Waals surface area contributed by atoms with Crippen molar-refractivity contribution in [2.45, 2.75) is 389 Å². The van der Waals surface area contributed by atoms with Crippen molar-refractivity contribution in [1.82, 2.24) is 5.32 Å². The van der Waals surface area contributed by atoms with Crippen LogP contribution in [0.25, 0.3) is 0 Å². The molecule has 2 fully saturated rings. The van der Waals surface area contributed by atoms with E-state index < -0.39 is 86.8 Å². The van der Waals surface area contributed by atoms with Crippen LogP contribution in [0.15, 0.2) is 60.8 Å². The second-order valence-corrected chi connectivity index (χ2v) is 26.1. The van der Waals surface area contributed by atoms with Gasteiger partial charge >= 0.3 is 0 Å². The van der Waals surface area contributed by atoms with Crippen LogP contribution < -0.4 is 5.32 Å². The van der Waals surface area contributed by atoms with Crippen LogP contribution in [-0.2, 0) is 23.7 Å². The fourth-order valence-electron chi connectivity index (χ4n) is 12.0. The van der Waals surface area contributed by atoms with Crippen LogP contribution in [0.1, 0.15) is 316 Å². The van der Waals surface area contributed by atoms with Gasteiger partial charge in [0.1, 0.15) is 48.8 Å². The Morgan fingerprint density at radius 3 is 1.17 bits per heavy atom. The van der Waals surface area contributed by atoms with Gasteiger partial charge in [0.2, 0.25) is 5.91 Å². The van der Waals surface area contributed by atoms with E-state index in [1.165, 1.54) is 231 Å². The molecule has 0 aliphatic carbocycles. The molecule has 0 bridgehead atoms. The number of rotatable bonds is 61. The first-order valence-corrected chi connectivity index (χ1v) is 37.0. The summed E-state index contributed by atoms with van der Waals surface area (Å²) in [5, 5.41) is 87.4. The Balaban J connectivity index is 1.60. The molecule has 2 heterocycles. The molecule has 9 N–H and O–H groups in total. The van der Waals surface area contributed by atoms with Gasteiger partial charge in [-0.25, -0.2) is 0 Å². The Labute approximate surface area is 543 Å². The summed E-state index contributed by atoms with van der Waals surface area (Å²) >= 11 is 0. The highest BCUT2D eigenvalue weighted by molar-refractivity contribution is 5.76. The third-order valence-corrected chi connectivity index (χ3v) is 17.9. The second kappa shape index (κ2) is 59.4. The van der Waals surface area contributed by atoms with E-state index in [0.717, 1.165) is 51.4 Å². The van der Waals surface area contributed by atoms with E-state index in [-0.39, 0.29) is 18.9 Å². The van der Waals surface area contributed by atoms with Crippen LogP contribution >= 0.6 is 0 Å². The summed E-state index contributed by atoms with van der Waals surface area (Å²) in [6.07, 6.45) is 63.0. The van der Waals surface area contributed by atoms with Gasteiger partial charge in [-0.3, -0.25) is 4.79 Å². The van der Waals surface area contributed by atoms with Crippen molar-refractivity contribution in [3.63, 3.8) is 0 Å². The van der Waals surface area contributed by atoms with Crippen molar-refractivity contribution in [1.29, 1.82) is 0 Å². The number of amides is 1. The molecule has 0 aromatic heterocycles. The smallest absolute Gasteiger partial charge is 0.220 e. The number of carbonyl (C=O) groups excluding carboxylic acids is 1. The molecule has 14 heteroatoms. The first-order valence-electron chi connectivity index (χ1n) is 37.0. The van der Waals surface area contributed by atoms with Crippen LogP contribution in [0.4, 0.5) is 0 Å². The summed E-state index contributed by atoms with van der Waals surface area (Å²) in [7, 11) is 0. The first-order chi connectivity index (χ1) is 43.6. The van der Waals surface area contributed by atoms with Crippen LogP contribution in [0.5, 0.6) is 0 Å². The zero-order chi connectivity index (χ0) is 64.5. The van der Waals surface area contributed by atoms with Crippen LogP contribution in [0.2, 0.25) is 0 Å². The Kier molecular flexibility index (Phi) is 55.3. The van der Waals surface area contributed by atoms with Crippen LogP contribution in [0.3, 0.4) is 0 Å². The number of hydrogen-bond donors (Lipinski definition) is 9. The molecule has 2 rings (SSSR count). The van der Waals surface area contributed by atoms with Crippen molar-refractivity contribution >= 4 is 5.91 Å². The summed E-state index contributed by atoms with van der Waals surface area (Å²) in [5.41, 5.74) is 0. The van der Waals surface area contributed by atoms with Crippen molar-refractivity contribution < 1.29 is 64.6 Å². The molecule has 89 heavy (non-hydrogen) atoms. The van der Waals surface area contributed by atoms with Gasteiger partial charge in [0.25, 0.3) is 0 Å². The van der Waals surface area contributed by atoms with Crippen molar-refractivity contribution in [2.24, 2.45) is 0 Å². The van der Waals surface area contributed by atoms with Gasteiger partial charge in [0.05, 0.1) is 32.0 Å². The van der Waals surface area contributed by atoms with E-state index in [4.69, 9.17) is 18.9 Å². The van der Waals surface area contributed by atoms with E-state index in [0.29, 0.717) is 12.8 Å². The molecule has 0 aromatic rings. The molecule has 2 aliphatic heterocycles. The number of nitrogens with one attached hydrogen (secondary N) is 1. The highest BCUT2D eigenvalue weighted by atomic mass is 16.7. The third-order valence-electron chi connectivity index (χ3n) is 17.9. The van der Waals surface area contributed by atoms with E-state index in [1.54, 1.807) is 6.08 Å². The summed E-state index contributed by atoms with van der Waals surface area (Å²) in [6, 6.07) is -0.939. The average molecular weight is 1260 g/mol. The first kappa shape index (κ1) is 82.8. The van der Waals surface area contributed by atoms with Crippen molar-refractivity contribution in [3.8, 4) is 0 Å². The number of carbonyl (C=O) groups is 1. The zero-order valence-electron chi connectivity index (χ0n) is 56.7. The average Bonchev–Trinajstić information content (AvgIpc) is 1.44. The van der Waals surface area contributed by atoms with Gasteiger partial charge < -0.3 is 65.1 Å². The zero-order valence-corrected chi connectivity index (χ0v) is 56.7. The Hall–Kier alpha value is -2.31. The quantitative estimate of drug-likeness (QED) is 0.0204. The second-order valence-electron chi connectivity index (χ2n) is 26.1. The standard InChI is InChI=1S/C75H137NO13/c1-3-5-7-9-11-13-15-17-19-21-23-24-25-26-27-28-29-30-31-32-33-34-35-36-37-38-39-40-41-43-45-47-49-51-53-55-57-59-67(80)76-63(64(79)58-56-54-52-50-48-46-44-42-22-20-18-16-14-12-10-8-6-4-2)62-86-74-72(85)70(83)73(66(61-78)88-74)89-75-71(84)69(82)68(81)65(60-77)87-75/h15,17,21-23,42,48,50,56,58,63-66,68-75,77-79,81-85H,3-14,16,18-20,24-41,43-47,49,51-55,57,59-62H2,1-2H3,(H,76,80)/b17-15-,23-21-,42-22+,50-48+,58-56+. The third kappa shape index (κ3) is 43.3. The van der Waals surface area contributed by atoms with E-state index in [1.807, 2.05) is 6.08 Å². The molecule has 0 radical (unpaired) electrons. The molecule has 0 aromatic carbocycles. The molecule has 12 atom stereocenters. The fraction of sp³-hybridized carbons (Fsp3) is 0.853. The number of ether oxygens (including phenoxy) is 4. The Morgan fingerprint density at radius 1 is 0.404 bits per heavy atom. The highest BCUT2D eigenvalue weighted by Crippen LogP contribution is 2.30. The lowest BCUT2D eigenvalue weighted by Crippen LogP contribution is -2.65. The predicted octanol–water partition coefficient (Wildman–Crippen LogP) is 15.6. The predicted molar refractivity (Wildman–Crippen MR) is 364 cm³/mol.